The Morgan fingerprint density at radius 3 is 2.56 bits per heavy atom. The molecule has 6 heteroatoms. The van der Waals surface area contributed by atoms with Gasteiger partial charge >= 0.3 is 6.18 Å². The van der Waals surface area contributed by atoms with Crippen LogP contribution in [-0.2, 0) is 0 Å². The second-order valence-corrected chi connectivity index (χ2v) is 3.32. The van der Waals surface area contributed by atoms with Crippen LogP contribution < -0.4 is 5.73 Å². The van der Waals surface area contributed by atoms with Gasteiger partial charge in [-0.1, -0.05) is 18.2 Å². The van der Waals surface area contributed by atoms with Gasteiger partial charge in [-0.3, -0.25) is 4.99 Å². The zero-order chi connectivity index (χ0) is 11.8. The molecule has 3 nitrogen and oxygen atoms in total. The number of halogens is 3. The van der Waals surface area contributed by atoms with Crippen LogP contribution in [0.25, 0.3) is 0 Å². The standard InChI is InChI=1S/C10H8F3N3/c11-10(12,13)8-9(14)16-7-4-2-1-3-6(7)5-15-8/h1-5,8H,(H2,14,16). The first-order valence-electron chi connectivity index (χ1n) is 4.51. The molecule has 84 valence electrons. The van der Waals surface area contributed by atoms with Crippen LogP contribution in [0.2, 0.25) is 0 Å². The predicted molar refractivity (Wildman–Crippen MR) is 55.2 cm³/mol. The first-order chi connectivity index (χ1) is 7.48. The smallest absolute Gasteiger partial charge is 0.385 e. The Hall–Kier alpha value is -1.85. The number of hydrogen-bond donors (Lipinski definition) is 1. The van der Waals surface area contributed by atoms with Gasteiger partial charge in [0.2, 0.25) is 6.04 Å². The minimum Gasteiger partial charge on any atom is -0.385 e. The van der Waals surface area contributed by atoms with E-state index in [9.17, 15) is 13.2 Å². The third-order valence-electron chi connectivity index (χ3n) is 2.14. The predicted octanol–water partition coefficient (Wildman–Crippen LogP) is 2.04. The summed E-state index contributed by atoms with van der Waals surface area (Å²) in [5.41, 5.74) is 6.22. The molecule has 2 N–H and O–H groups in total. The fourth-order valence-corrected chi connectivity index (χ4v) is 1.38. The molecule has 0 amide bonds. The van der Waals surface area contributed by atoms with Crippen molar-refractivity contribution in [2.24, 2.45) is 15.7 Å². The van der Waals surface area contributed by atoms with E-state index in [1.54, 1.807) is 24.3 Å². The Morgan fingerprint density at radius 2 is 1.88 bits per heavy atom. The lowest BCUT2D eigenvalue weighted by Gasteiger charge is -2.13. The SMILES string of the molecule is NC1=Nc2ccccc2C=NC1C(F)(F)F. The zero-order valence-corrected chi connectivity index (χ0v) is 8.07. The zero-order valence-electron chi connectivity index (χ0n) is 8.07. The molecule has 1 aromatic carbocycles. The number of hydrogen-bond acceptors (Lipinski definition) is 3. The van der Waals surface area contributed by atoms with E-state index < -0.39 is 18.1 Å². The molecule has 0 saturated carbocycles. The second kappa shape index (κ2) is 3.62. The maximum Gasteiger partial charge on any atom is 0.417 e. The minimum atomic E-state index is -4.51. The highest BCUT2D eigenvalue weighted by molar-refractivity contribution is 5.97. The minimum absolute atomic E-state index is 0.399. The van der Waals surface area contributed by atoms with E-state index in [1.807, 2.05) is 0 Å². The topological polar surface area (TPSA) is 50.7 Å². The first-order valence-corrected chi connectivity index (χ1v) is 4.51. The molecule has 0 bridgehead atoms. The van der Waals surface area contributed by atoms with Crippen molar-refractivity contribution in [3.63, 3.8) is 0 Å². The molecule has 0 spiro atoms. The highest BCUT2D eigenvalue weighted by Gasteiger charge is 2.42. The van der Waals surface area contributed by atoms with Crippen LogP contribution >= 0.6 is 0 Å². The lowest BCUT2D eigenvalue weighted by molar-refractivity contribution is -0.131. The molecule has 16 heavy (non-hydrogen) atoms. The number of nitrogens with two attached hydrogens (primary N) is 1. The molecule has 1 aromatic rings. The number of fused-ring (bicyclic) bond motifs is 1. The fourth-order valence-electron chi connectivity index (χ4n) is 1.38. The van der Waals surface area contributed by atoms with Crippen molar-refractivity contribution in [1.29, 1.82) is 0 Å². The lowest BCUT2D eigenvalue weighted by Crippen LogP contribution is -2.39. The molecule has 0 radical (unpaired) electrons. The van der Waals surface area contributed by atoms with E-state index >= 15 is 0 Å². The van der Waals surface area contributed by atoms with Crippen molar-refractivity contribution in [1.82, 2.24) is 0 Å². The highest BCUT2D eigenvalue weighted by atomic mass is 19.4. The Bertz CT molecular complexity index is 463. The van der Waals surface area contributed by atoms with E-state index in [1.165, 1.54) is 0 Å². The average molecular weight is 227 g/mol. The van der Waals surface area contributed by atoms with Crippen LogP contribution in [0, 0.1) is 0 Å². The van der Waals surface area contributed by atoms with E-state index in [0.717, 1.165) is 6.21 Å². The van der Waals surface area contributed by atoms with Gasteiger partial charge in [0.05, 0.1) is 5.69 Å². The maximum atomic E-state index is 12.5. The summed E-state index contributed by atoms with van der Waals surface area (Å²) in [4.78, 5) is 7.15. The fraction of sp³-hybridized carbons (Fsp3) is 0.200. The van der Waals surface area contributed by atoms with Gasteiger partial charge in [-0.25, -0.2) is 4.99 Å². The van der Waals surface area contributed by atoms with Crippen LogP contribution in [0.1, 0.15) is 5.56 Å². The van der Waals surface area contributed by atoms with Gasteiger partial charge in [0, 0.05) is 11.8 Å². The van der Waals surface area contributed by atoms with E-state index in [-0.39, 0.29) is 0 Å². The van der Waals surface area contributed by atoms with Gasteiger partial charge in [-0.2, -0.15) is 13.2 Å². The van der Waals surface area contributed by atoms with Crippen molar-refractivity contribution in [3.8, 4) is 0 Å². The van der Waals surface area contributed by atoms with E-state index in [4.69, 9.17) is 5.73 Å². The molecule has 0 aliphatic carbocycles. The molecule has 0 aromatic heterocycles. The molecule has 2 rings (SSSR count). The molecule has 1 unspecified atom stereocenters. The van der Waals surface area contributed by atoms with Crippen LogP contribution in [0.15, 0.2) is 34.3 Å². The van der Waals surface area contributed by atoms with Crippen molar-refractivity contribution >= 4 is 17.7 Å². The summed E-state index contributed by atoms with van der Waals surface area (Å²) in [5.74, 6) is -0.534. The normalized spacial score (nSPS) is 19.9. The van der Waals surface area contributed by atoms with Gasteiger partial charge in [0.25, 0.3) is 0 Å². The molecule has 1 aliphatic rings. The average Bonchev–Trinajstić information content (AvgIpc) is 2.34. The van der Waals surface area contributed by atoms with E-state index in [0.29, 0.717) is 11.3 Å². The molecule has 0 fully saturated rings. The van der Waals surface area contributed by atoms with Gasteiger partial charge in [0.1, 0.15) is 5.84 Å². The van der Waals surface area contributed by atoms with E-state index in [2.05, 4.69) is 9.98 Å². The Kier molecular flexibility index (Phi) is 2.41. The Balaban J connectivity index is 2.49. The summed E-state index contributed by atoms with van der Waals surface area (Å²) < 4.78 is 37.6. The summed E-state index contributed by atoms with van der Waals surface area (Å²) >= 11 is 0. The molecule has 1 aliphatic heterocycles. The summed E-state index contributed by atoms with van der Waals surface area (Å²) in [5, 5.41) is 0. The van der Waals surface area contributed by atoms with Crippen molar-refractivity contribution in [2.75, 3.05) is 0 Å². The second-order valence-electron chi connectivity index (χ2n) is 3.32. The Morgan fingerprint density at radius 1 is 1.19 bits per heavy atom. The number of rotatable bonds is 0. The molecular formula is C10H8F3N3. The maximum absolute atomic E-state index is 12.5. The summed E-state index contributed by atoms with van der Waals surface area (Å²) in [7, 11) is 0. The number of aliphatic imine (C=N–C) groups is 2. The quantitative estimate of drug-likeness (QED) is 0.724. The number of alkyl halides is 3. The Labute approximate surface area is 89.5 Å². The summed E-state index contributed by atoms with van der Waals surface area (Å²) in [6, 6.07) is 4.54. The molecule has 1 atom stereocenters. The molecule has 1 heterocycles. The van der Waals surface area contributed by atoms with Crippen LogP contribution in [-0.4, -0.2) is 24.3 Å². The van der Waals surface area contributed by atoms with Crippen molar-refractivity contribution < 1.29 is 13.2 Å². The molecular weight excluding hydrogens is 219 g/mol. The number of para-hydroxylation sites is 1. The van der Waals surface area contributed by atoms with Gasteiger partial charge in [-0.05, 0) is 6.07 Å². The largest absolute Gasteiger partial charge is 0.417 e. The highest BCUT2D eigenvalue weighted by Crippen LogP contribution is 2.27. The number of amidine groups is 1. The van der Waals surface area contributed by atoms with Crippen LogP contribution in [0.4, 0.5) is 18.9 Å². The van der Waals surface area contributed by atoms with Crippen molar-refractivity contribution in [3.05, 3.63) is 29.8 Å². The number of nitrogens with zero attached hydrogens (tertiary/aromatic N) is 2. The third-order valence-corrected chi connectivity index (χ3v) is 2.14. The summed E-state index contributed by atoms with van der Waals surface area (Å²) in [6.07, 6.45) is -3.36. The summed E-state index contributed by atoms with van der Waals surface area (Å²) in [6.45, 7) is 0. The van der Waals surface area contributed by atoms with Gasteiger partial charge in [-0.15, -0.1) is 0 Å². The molecule has 0 saturated heterocycles. The van der Waals surface area contributed by atoms with Crippen LogP contribution in [0.3, 0.4) is 0 Å². The lowest BCUT2D eigenvalue weighted by atomic mass is 10.2. The van der Waals surface area contributed by atoms with Gasteiger partial charge < -0.3 is 5.73 Å². The number of benzene rings is 1. The van der Waals surface area contributed by atoms with Gasteiger partial charge in [0.15, 0.2) is 0 Å². The third kappa shape index (κ3) is 1.91. The monoisotopic (exact) mass is 227 g/mol. The van der Waals surface area contributed by atoms with Crippen LogP contribution in [0.5, 0.6) is 0 Å². The van der Waals surface area contributed by atoms with Crippen molar-refractivity contribution in [2.45, 2.75) is 12.2 Å². The first kappa shape index (κ1) is 10.7.